The van der Waals surface area contributed by atoms with Gasteiger partial charge < -0.3 is 9.47 Å². The molecule has 0 aliphatic heterocycles. The van der Waals surface area contributed by atoms with Gasteiger partial charge in [-0.3, -0.25) is 14.9 Å². The highest BCUT2D eigenvalue weighted by atomic mass is 127. The van der Waals surface area contributed by atoms with Gasteiger partial charge in [0.15, 0.2) is 12.4 Å². The standard InChI is InChI=1S/C24H29I2N3O5/c1-23(2,3)14-24(4,5)16-7-8-20(19(10-16)29(31)32)34-13-21(30)28-27-12-15-9-17(25)11-18(26)22(15)33-6/h7-12H,13-14H2,1-6H3,(H,28,30)/b27-12+. The molecule has 8 nitrogen and oxygen atoms in total. The normalized spacial score (nSPS) is 12.0. The predicted molar refractivity (Wildman–Crippen MR) is 150 cm³/mol. The number of ether oxygens (including phenoxy) is 2. The van der Waals surface area contributed by atoms with Gasteiger partial charge in [-0.15, -0.1) is 0 Å². The highest BCUT2D eigenvalue weighted by molar-refractivity contribution is 14.1. The van der Waals surface area contributed by atoms with E-state index in [-0.39, 0.29) is 22.3 Å². The van der Waals surface area contributed by atoms with E-state index in [4.69, 9.17) is 9.47 Å². The summed E-state index contributed by atoms with van der Waals surface area (Å²) in [6.45, 7) is 10.1. The number of amides is 1. The molecule has 184 valence electrons. The first kappa shape index (κ1) is 28.3. The summed E-state index contributed by atoms with van der Waals surface area (Å²) < 4.78 is 12.8. The van der Waals surface area contributed by atoms with E-state index in [0.29, 0.717) is 11.3 Å². The predicted octanol–water partition coefficient (Wildman–Crippen LogP) is 6.06. The van der Waals surface area contributed by atoms with E-state index in [9.17, 15) is 14.9 Å². The zero-order valence-corrected chi connectivity index (χ0v) is 24.4. The van der Waals surface area contributed by atoms with Gasteiger partial charge in [-0.25, -0.2) is 5.43 Å². The molecule has 2 rings (SSSR count). The van der Waals surface area contributed by atoms with Crippen LogP contribution >= 0.6 is 45.2 Å². The number of hydrazone groups is 1. The number of hydrogen-bond acceptors (Lipinski definition) is 6. The molecule has 0 aliphatic carbocycles. The molecule has 2 aromatic carbocycles. The van der Waals surface area contributed by atoms with Gasteiger partial charge in [0.25, 0.3) is 5.91 Å². The van der Waals surface area contributed by atoms with Crippen LogP contribution in [0.3, 0.4) is 0 Å². The topological polar surface area (TPSA) is 103 Å². The van der Waals surface area contributed by atoms with Gasteiger partial charge in [0, 0.05) is 15.2 Å². The minimum Gasteiger partial charge on any atom is -0.495 e. The van der Waals surface area contributed by atoms with Crippen LogP contribution in [0.15, 0.2) is 35.4 Å². The lowest BCUT2D eigenvalue weighted by atomic mass is 9.72. The second-order valence-corrected chi connectivity index (χ2v) is 12.1. The lowest BCUT2D eigenvalue weighted by molar-refractivity contribution is -0.385. The Hall–Kier alpha value is -1.96. The van der Waals surface area contributed by atoms with Crippen LogP contribution in [-0.2, 0) is 10.2 Å². The van der Waals surface area contributed by atoms with Crippen molar-refractivity contribution in [2.45, 2.75) is 46.5 Å². The summed E-state index contributed by atoms with van der Waals surface area (Å²) in [7, 11) is 1.57. The first-order valence-electron chi connectivity index (χ1n) is 10.5. The molecule has 2 aromatic rings. The maximum Gasteiger partial charge on any atom is 0.311 e. The van der Waals surface area contributed by atoms with Gasteiger partial charge >= 0.3 is 5.69 Å². The summed E-state index contributed by atoms with van der Waals surface area (Å²) in [5, 5.41) is 15.6. The molecule has 0 heterocycles. The molecule has 0 saturated heterocycles. The van der Waals surface area contributed by atoms with Crippen LogP contribution in [0.5, 0.6) is 11.5 Å². The summed E-state index contributed by atoms with van der Waals surface area (Å²) in [6, 6.07) is 8.73. The third-order valence-corrected chi connectivity index (χ3v) is 6.33. The number of nitrogens with one attached hydrogen (secondary N) is 1. The zero-order valence-electron chi connectivity index (χ0n) is 20.1. The first-order chi connectivity index (χ1) is 15.7. The lowest BCUT2D eigenvalue weighted by Crippen LogP contribution is -2.26. The third kappa shape index (κ3) is 8.07. The fourth-order valence-corrected chi connectivity index (χ4v) is 5.98. The van der Waals surface area contributed by atoms with E-state index in [1.807, 2.05) is 18.2 Å². The molecule has 10 heteroatoms. The van der Waals surface area contributed by atoms with E-state index in [1.54, 1.807) is 13.2 Å². The molecular weight excluding hydrogens is 664 g/mol. The maximum absolute atomic E-state index is 12.2. The number of hydrogen-bond donors (Lipinski definition) is 1. The number of nitro groups is 1. The van der Waals surface area contributed by atoms with Crippen molar-refractivity contribution in [1.29, 1.82) is 0 Å². The van der Waals surface area contributed by atoms with Crippen LogP contribution in [0.2, 0.25) is 0 Å². The van der Waals surface area contributed by atoms with Crippen LogP contribution in [0.25, 0.3) is 0 Å². The Kier molecular flexibility index (Phi) is 9.69. The average molecular weight is 693 g/mol. The van der Waals surface area contributed by atoms with Gasteiger partial charge in [0.2, 0.25) is 0 Å². The van der Waals surface area contributed by atoms with Crippen molar-refractivity contribution >= 4 is 63.0 Å². The second kappa shape index (κ2) is 11.6. The highest BCUT2D eigenvalue weighted by Crippen LogP contribution is 2.39. The summed E-state index contributed by atoms with van der Waals surface area (Å²) in [4.78, 5) is 23.4. The number of methoxy groups -OCH3 is 1. The Morgan fingerprint density at radius 2 is 1.85 bits per heavy atom. The fourth-order valence-electron chi connectivity index (χ4n) is 3.87. The van der Waals surface area contributed by atoms with E-state index in [1.165, 1.54) is 12.3 Å². The zero-order chi connectivity index (χ0) is 25.7. The van der Waals surface area contributed by atoms with Crippen molar-refractivity contribution in [1.82, 2.24) is 5.43 Å². The molecular formula is C24H29I2N3O5. The minimum absolute atomic E-state index is 0.0354. The summed E-state index contributed by atoms with van der Waals surface area (Å²) in [5.41, 5.74) is 3.56. The maximum atomic E-state index is 12.2. The largest absolute Gasteiger partial charge is 0.495 e. The molecule has 0 radical (unpaired) electrons. The summed E-state index contributed by atoms with van der Waals surface area (Å²) >= 11 is 4.35. The van der Waals surface area contributed by atoms with Gasteiger partial charge in [-0.2, -0.15) is 5.10 Å². The van der Waals surface area contributed by atoms with Crippen molar-refractivity contribution in [2.24, 2.45) is 10.5 Å². The number of halogens is 2. The van der Waals surface area contributed by atoms with E-state index in [0.717, 1.165) is 19.1 Å². The van der Waals surface area contributed by atoms with Crippen LogP contribution < -0.4 is 14.9 Å². The molecule has 0 aromatic heterocycles. The van der Waals surface area contributed by atoms with Crippen molar-refractivity contribution in [3.8, 4) is 11.5 Å². The SMILES string of the molecule is COc1c(I)cc(I)cc1/C=N/NC(=O)COc1ccc(C(C)(C)CC(C)(C)C)cc1[N+](=O)[O-]. The molecule has 1 amide bonds. The Balaban J connectivity index is 2.10. The van der Waals surface area contributed by atoms with Crippen molar-refractivity contribution in [3.63, 3.8) is 0 Å². The average Bonchev–Trinajstić information content (AvgIpc) is 2.70. The van der Waals surface area contributed by atoms with E-state index in [2.05, 4.69) is 90.3 Å². The molecule has 0 spiro atoms. The Morgan fingerprint density at radius 3 is 2.44 bits per heavy atom. The van der Waals surface area contributed by atoms with Crippen molar-refractivity contribution in [2.75, 3.05) is 13.7 Å². The Bertz CT molecular complexity index is 1090. The number of nitro benzene ring substituents is 1. The fraction of sp³-hybridized carbons (Fsp3) is 0.417. The van der Waals surface area contributed by atoms with Crippen molar-refractivity contribution in [3.05, 3.63) is 58.7 Å². The minimum atomic E-state index is -0.540. The molecule has 0 atom stereocenters. The number of rotatable bonds is 9. The second-order valence-electron chi connectivity index (χ2n) is 9.65. The number of nitrogens with zero attached hydrogens (tertiary/aromatic N) is 2. The van der Waals surface area contributed by atoms with Gasteiger partial charge in [0.1, 0.15) is 5.75 Å². The van der Waals surface area contributed by atoms with Gasteiger partial charge in [-0.1, -0.05) is 40.7 Å². The van der Waals surface area contributed by atoms with Crippen LogP contribution in [0.1, 0.15) is 52.2 Å². The molecule has 34 heavy (non-hydrogen) atoms. The smallest absolute Gasteiger partial charge is 0.311 e. The number of carbonyl (C=O) groups excluding carboxylic acids is 1. The Morgan fingerprint density at radius 1 is 1.18 bits per heavy atom. The molecule has 0 unspecified atom stereocenters. The molecule has 0 aliphatic rings. The Labute approximate surface area is 227 Å². The van der Waals surface area contributed by atoms with Crippen LogP contribution in [0.4, 0.5) is 5.69 Å². The van der Waals surface area contributed by atoms with E-state index < -0.39 is 17.4 Å². The van der Waals surface area contributed by atoms with Crippen molar-refractivity contribution < 1.29 is 19.2 Å². The van der Waals surface area contributed by atoms with Crippen LogP contribution in [0, 0.1) is 22.7 Å². The molecule has 0 saturated carbocycles. The molecule has 1 N–H and O–H groups in total. The highest BCUT2D eigenvalue weighted by Gasteiger charge is 2.29. The summed E-state index contributed by atoms with van der Waals surface area (Å²) in [6.07, 6.45) is 2.33. The van der Waals surface area contributed by atoms with E-state index >= 15 is 0 Å². The third-order valence-electron chi connectivity index (χ3n) is 4.90. The quantitative estimate of drug-likeness (QED) is 0.149. The number of carbonyl (C=O) groups is 1. The molecule has 0 fully saturated rings. The molecule has 0 bridgehead atoms. The van der Waals surface area contributed by atoms with Gasteiger partial charge in [0.05, 0.1) is 21.8 Å². The monoisotopic (exact) mass is 693 g/mol. The first-order valence-corrected chi connectivity index (χ1v) is 12.7. The number of benzene rings is 2. The summed E-state index contributed by atoms with van der Waals surface area (Å²) in [5.74, 6) is 0.149. The van der Waals surface area contributed by atoms with Crippen LogP contribution in [-0.4, -0.2) is 30.8 Å². The lowest BCUT2D eigenvalue weighted by Gasteiger charge is -2.33. The van der Waals surface area contributed by atoms with Gasteiger partial charge in [-0.05, 0) is 86.2 Å².